The lowest BCUT2D eigenvalue weighted by molar-refractivity contribution is -0.139. The first-order chi connectivity index (χ1) is 7.54. The molecule has 88 valence electrons. The molecule has 0 saturated carbocycles. The molecule has 0 bridgehead atoms. The molecule has 0 fully saturated rings. The minimum atomic E-state index is -0.453. The molecule has 1 atom stereocenters. The van der Waals surface area contributed by atoms with Gasteiger partial charge in [-0.3, -0.25) is 4.79 Å². The molecule has 1 unspecified atom stereocenters. The third kappa shape index (κ3) is 3.47. The number of hydrogen-bond donors (Lipinski definition) is 1. The average Bonchev–Trinajstić information content (AvgIpc) is 2.29. The molecule has 5 heteroatoms. The number of carbonyl (C=O) groups is 1. The highest BCUT2D eigenvalue weighted by molar-refractivity contribution is 6.30. The summed E-state index contributed by atoms with van der Waals surface area (Å²) in [6.07, 6.45) is 0. The van der Waals surface area contributed by atoms with E-state index in [-0.39, 0.29) is 23.6 Å². The number of benzene rings is 1. The number of hydrogen-bond acceptors (Lipinski definition) is 3. The van der Waals surface area contributed by atoms with Crippen molar-refractivity contribution in [2.45, 2.75) is 13.0 Å². The van der Waals surface area contributed by atoms with Crippen molar-refractivity contribution in [3.63, 3.8) is 0 Å². The topological polar surface area (TPSA) is 38.3 Å². The van der Waals surface area contributed by atoms with Crippen LogP contribution in [-0.2, 0) is 9.53 Å². The Labute approximate surface area is 98.5 Å². The van der Waals surface area contributed by atoms with Gasteiger partial charge in [0.1, 0.15) is 5.82 Å². The van der Waals surface area contributed by atoms with Gasteiger partial charge in [-0.2, -0.15) is 0 Å². The van der Waals surface area contributed by atoms with E-state index in [1.54, 1.807) is 6.07 Å². The number of rotatable bonds is 4. The first-order valence-electron chi connectivity index (χ1n) is 4.79. The predicted octanol–water partition coefficient (Wildman–Crippen LogP) is 2.30. The maximum atomic E-state index is 12.9. The number of esters is 1. The van der Waals surface area contributed by atoms with Crippen LogP contribution >= 0.6 is 11.6 Å². The van der Waals surface area contributed by atoms with Gasteiger partial charge < -0.3 is 10.1 Å². The van der Waals surface area contributed by atoms with Crippen LogP contribution in [0, 0.1) is 5.82 Å². The Morgan fingerprint density at radius 1 is 1.62 bits per heavy atom. The fraction of sp³-hybridized carbons (Fsp3) is 0.364. The second-order valence-electron chi connectivity index (χ2n) is 3.35. The fourth-order valence-corrected chi connectivity index (χ4v) is 1.40. The summed E-state index contributed by atoms with van der Waals surface area (Å²) in [6, 6.07) is 4.35. The molecule has 0 amide bonds. The molecule has 0 aliphatic rings. The molecule has 1 aromatic carbocycles. The first-order valence-corrected chi connectivity index (χ1v) is 5.17. The van der Waals surface area contributed by atoms with Crippen LogP contribution in [0.5, 0.6) is 0 Å². The zero-order chi connectivity index (χ0) is 12.1. The fourth-order valence-electron chi connectivity index (χ4n) is 1.21. The van der Waals surface area contributed by atoms with Gasteiger partial charge in [0.25, 0.3) is 0 Å². The van der Waals surface area contributed by atoms with E-state index in [0.717, 1.165) is 5.56 Å². The zero-order valence-electron chi connectivity index (χ0n) is 9.09. The molecule has 0 heterocycles. The Balaban J connectivity index is 2.62. The van der Waals surface area contributed by atoms with Crippen molar-refractivity contribution < 1.29 is 13.9 Å². The molecule has 0 spiro atoms. The summed E-state index contributed by atoms with van der Waals surface area (Å²) in [7, 11) is 1.32. The third-order valence-corrected chi connectivity index (χ3v) is 2.51. The maximum absolute atomic E-state index is 12.9. The van der Waals surface area contributed by atoms with Crippen molar-refractivity contribution in [3.05, 3.63) is 34.6 Å². The Bertz CT molecular complexity index is 384. The van der Waals surface area contributed by atoms with Crippen LogP contribution in [0.1, 0.15) is 18.5 Å². The molecule has 0 aliphatic heterocycles. The number of halogens is 2. The summed E-state index contributed by atoms with van der Waals surface area (Å²) in [6.45, 7) is 1.96. The van der Waals surface area contributed by atoms with Crippen molar-refractivity contribution >= 4 is 17.6 Å². The Kier molecular flexibility index (Phi) is 4.71. The lowest BCUT2D eigenvalue weighted by atomic mass is 10.1. The summed E-state index contributed by atoms with van der Waals surface area (Å²) in [4.78, 5) is 10.9. The van der Waals surface area contributed by atoms with Crippen LogP contribution in [0.4, 0.5) is 4.39 Å². The summed E-state index contributed by atoms with van der Waals surface area (Å²) in [5.41, 5.74) is 0.815. The van der Waals surface area contributed by atoms with Gasteiger partial charge in [-0.1, -0.05) is 17.7 Å². The summed E-state index contributed by atoms with van der Waals surface area (Å²) < 4.78 is 17.4. The lowest BCUT2D eigenvalue weighted by Crippen LogP contribution is -2.26. The van der Waals surface area contributed by atoms with Crippen LogP contribution < -0.4 is 5.32 Å². The van der Waals surface area contributed by atoms with E-state index in [1.807, 2.05) is 6.92 Å². The van der Waals surface area contributed by atoms with E-state index in [0.29, 0.717) is 0 Å². The lowest BCUT2D eigenvalue weighted by Gasteiger charge is -2.13. The van der Waals surface area contributed by atoms with E-state index < -0.39 is 5.82 Å². The van der Waals surface area contributed by atoms with Gasteiger partial charge in [0.05, 0.1) is 18.7 Å². The SMILES string of the molecule is COC(=O)CNC(C)c1ccc(F)c(Cl)c1. The van der Waals surface area contributed by atoms with Crippen LogP contribution in [0.25, 0.3) is 0 Å². The Morgan fingerprint density at radius 2 is 2.31 bits per heavy atom. The van der Waals surface area contributed by atoms with Crippen LogP contribution in [0.2, 0.25) is 5.02 Å². The minimum absolute atomic E-state index is 0.0734. The van der Waals surface area contributed by atoms with E-state index in [1.165, 1.54) is 19.2 Å². The van der Waals surface area contributed by atoms with Crippen LogP contribution in [0.15, 0.2) is 18.2 Å². The first kappa shape index (κ1) is 12.9. The third-order valence-electron chi connectivity index (χ3n) is 2.22. The molecule has 1 rings (SSSR count). The molecule has 1 aromatic rings. The Morgan fingerprint density at radius 3 is 2.88 bits per heavy atom. The highest BCUT2D eigenvalue weighted by atomic mass is 35.5. The van der Waals surface area contributed by atoms with E-state index >= 15 is 0 Å². The maximum Gasteiger partial charge on any atom is 0.319 e. The number of methoxy groups -OCH3 is 1. The monoisotopic (exact) mass is 245 g/mol. The van der Waals surface area contributed by atoms with Gasteiger partial charge in [-0.25, -0.2) is 4.39 Å². The molecular formula is C11H13ClFNO2. The van der Waals surface area contributed by atoms with E-state index in [9.17, 15) is 9.18 Å². The van der Waals surface area contributed by atoms with Crippen LogP contribution in [0.3, 0.4) is 0 Å². The number of carbonyl (C=O) groups excluding carboxylic acids is 1. The van der Waals surface area contributed by atoms with Crippen molar-refractivity contribution in [3.8, 4) is 0 Å². The van der Waals surface area contributed by atoms with E-state index in [4.69, 9.17) is 11.6 Å². The molecule has 1 N–H and O–H groups in total. The molecule has 16 heavy (non-hydrogen) atoms. The van der Waals surface area contributed by atoms with Crippen molar-refractivity contribution in [2.75, 3.05) is 13.7 Å². The van der Waals surface area contributed by atoms with Gasteiger partial charge in [-0.05, 0) is 24.6 Å². The second-order valence-corrected chi connectivity index (χ2v) is 3.76. The molecule has 0 aliphatic carbocycles. The number of nitrogens with one attached hydrogen (secondary N) is 1. The predicted molar refractivity (Wildman–Crippen MR) is 59.8 cm³/mol. The van der Waals surface area contributed by atoms with Crippen molar-refractivity contribution in [2.24, 2.45) is 0 Å². The van der Waals surface area contributed by atoms with Crippen molar-refractivity contribution in [1.29, 1.82) is 0 Å². The highest BCUT2D eigenvalue weighted by Crippen LogP contribution is 2.20. The second kappa shape index (κ2) is 5.82. The zero-order valence-corrected chi connectivity index (χ0v) is 9.84. The summed E-state index contributed by atoms with van der Waals surface area (Å²) in [5, 5.41) is 3.01. The molecular weight excluding hydrogens is 233 g/mol. The van der Waals surface area contributed by atoms with Gasteiger partial charge >= 0.3 is 5.97 Å². The van der Waals surface area contributed by atoms with Gasteiger partial charge in [0, 0.05) is 6.04 Å². The minimum Gasteiger partial charge on any atom is -0.468 e. The quantitative estimate of drug-likeness (QED) is 0.828. The van der Waals surface area contributed by atoms with Gasteiger partial charge in [0.15, 0.2) is 0 Å². The smallest absolute Gasteiger partial charge is 0.319 e. The van der Waals surface area contributed by atoms with Gasteiger partial charge in [-0.15, -0.1) is 0 Å². The van der Waals surface area contributed by atoms with Gasteiger partial charge in [0.2, 0.25) is 0 Å². The average molecular weight is 246 g/mol. The molecule has 0 radical (unpaired) electrons. The highest BCUT2D eigenvalue weighted by Gasteiger charge is 2.09. The standard InChI is InChI=1S/C11H13ClFNO2/c1-7(14-6-11(15)16-2)8-3-4-10(13)9(12)5-8/h3-5,7,14H,6H2,1-2H3. The summed E-state index contributed by atoms with van der Waals surface area (Å²) in [5.74, 6) is -0.800. The van der Waals surface area contributed by atoms with Crippen LogP contribution in [-0.4, -0.2) is 19.6 Å². The molecule has 3 nitrogen and oxygen atoms in total. The molecule has 0 aromatic heterocycles. The number of ether oxygens (including phenoxy) is 1. The van der Waals surface area contributed by atoms with E-state index in [2.05, 4.69) is 10.1 Å². The summed E-state index contributed by atoms with van der Waals surface area (Å²) >= 11 is 5.65. The molecule has 0 saturated heterocycles. The normalized spacial score (nSPS) is 12.2. The Hall–Kier alpha value is -1.13. The van der Waals surface area contributed by atoms with Crippen molar-refractivity contribution in [1.82, 2.24) is 5.32 Å². The largest absolute Gasteiger partial charge is 0.468 e.